The van der Waals surface area contributed by atoms with Crippen LogP contribution in [0, 0.1) is 11.6 Å². The van der Waals surface area contributed by atoms with Gasteiger partial charge in [0, 0.05) is 36.9 Å². The van der Waals surface area contributed by atoms with Crippen LogP contribution >= 0.6 is 34.7 Å². The molecule has 0 aliphatic heterocycles. The smallest absolute Gasteiger partial charge is 0.266 e. The highest BCUT2D eigenvalue weighted by molar-refractivity contribution is 7.92. The highest BCUT2D eigenvalue weighted by Crippen LogP contribution is 2.41. The highest BCUT2D eigenvalue weighted by Gasteiger charge is 2.34. The molecule has 1 aliphatic rings. The molecule has 5 rings (SSSR count). The number of nitrogens with zero attached hydrogens (tertiary/aromatic N) is 2. The highest BCUT2D eigenvalue weighted by atomic mass is 35.5. The third kappa shape index (κ3) is 6.97. The third-order valence-corrected chi connectivity index (χ3v) is 10.4. The van der Waals surface area contributed by atoms with E-state index in [9.17, 15) is 22.0 Å². The Bertz CT molecular complexity index is 1790. The van der Waals surface area contributed by atoms with Gasteiger partial charge in [-0.15, -0.1) is 11.3 Å². The number of methoxy groups -OCH3 is 1. The number of hydrogen-bond acceptors (Lipinski definition) is 6. The summed E-state index contributed by atoms with van der Waals surface area (Å²) in [6.45, 7) is 0.158. The first-order valence-electron chi connectivity index (χ1n) is 13.9. The van der Waals surface area contributed by atoms with Crippen LogP contribution in [0.25, 0.3) is 21.2 Å². The topological polar surface area (TPSA) is 79.0 Å². The second-order valence-corrected chi connectivity index (χ2v) is 14.6. The Morgan fingerprint density at radius 2 is 1.61 bits per heavy atom. The van der Waals surface area contributed by atoms with E-state index in [4.69, 9.17) is 28.1 Å². The number of amides is 1. The van der Waals surface area contributed by atoms with Crippen molar-refractivity contribution in [2.45, 2.75) is 44.3 Å². The molecule has 13 heteroatoms. The van der Waals surface area contributed by atoms with E-state index in [1.165, 1.54) is 0 Å². The van der Waals surface area contributed by atoms with Gasteiger partial charge in [0.2, 0.25) is 10.0 Å². The van der Waals surface area contributed by atoms with Crippen molar-refractivity contribution < 1.29 is 26.7 Å². The minimum Gasteiger partial charge on any atom is -0.496 e. The molecule has 1 amide bonds. The lowest BCUT2D eigenvalue weighted by Gasteiger charge is -2.38. The number of nitrogens with one attached hydrogen (secondary N) is 1. The first kappa shape index (κ1) is 32.4. The molecule has 1 aromatic heterocycles. The molecule has 1 aliphatic carbocycles. The molecular weight excluding hydrogens is 651 g/mol. The lowest BCUT2D eigenvalue weighted by atomic mass is 9.89. The Labute approximate surface area is 269 Å². The number of benzene rings is 3. The molecule has 0 atom stereocenters. The molecule has 1 fully saturated rings. The third-order valence-electron chi connectivity index (χ3n) is 7.89. The zero-order valence-corrected chi connectivity index (χ0v) is 27.4. The van der Waals surface area contributed by atoms with Crippen LogP contribution in [0.1, 0.15) is 40.9 Å². The lowest BCUT2D eigenvalue weighted by molar-refractivity contribution is 0.0589. The predicted molar refractivity (Wildman–Crippen MR) is 173 cm³/mol. The maximum Gasteiger partial charge on any atom is 0.266 e. The van der Waals surface area contributed by atoms with Crippen molar-refractivity contribution in [1.29, 1.82) is 0 Å². The van der Waals surface area contributed by atoms with Gasteiger partial charge in [0.05, 0.1) is 28.5 Å². The van der Waals surface area contributed by atoms with E-state index >= 15 is 0 Å². The van der Waals surface area contributed by atoms with E-state index in [0.717, 1.165) is 59.3 Å². The van der Waals surface area contributed by atoms with Gasteiger partial charge in [-0.3, -0.25) is 9.52 Å². The fourth-order valence-corrected chi connectivity index (χ4v) is 7.93. The molecule has 7 nitrogen and oxygen atoms in total. The van der Waals surface area contributed by atoms with Crippen LogP contribution in [0.5, 0.6) is 5.75 Å². The van der Waals surface area contributed by atoms with Gasteiger partial charge in [0.1, 0.15) is 22.3 Å². The quantitative estimate of drug-likeness (QED) is 0.182. The second kappa shape index (κ2) is 13.2. The number of ether oxygens (including phenoxy) is 1. The number of rotatable bonds is 9. The van der Waals surface area contributed by atoms with Crippen LogP contribution in [-0.4, -0.2) is 56.1 Å². The Balaban J connectivity index is 1.52. The monoisotopic (exact) mass is 681 g/mol. The molecule has 0 saturated heterocycles. The van der Waals surface area contributed by atoms with Crippen LogP contribution < -0.4 is 9.46 Å². The largest absolute Gasteiger partial charge is 0.496 e. The van der Waals surface area contributed by atoms with E-state index in [0.29, 0.717) is 24.3 Å². The summed E-state index contributed by atoms with van der Waals surface area (Å²) in [4.78, 5) is 16.1. The number of fused-ring (bicyclic) bond motifs is 1. The molecule has 1 heterocycles. The Morgan fingerprint density at radius 1 is 1.00 bits per heavy atom. The van der Waals surface area contributed by atoms with Crippen LogP contribution in [-0.2, 0) is 16.6 Å². The van der Waals surface area contributed by atoms with Crippen LogP contribution in [0.3, 0.4) is 0 Å². The molecule has 0 radical (unpaired) electrons. The van der Waals surface area contributed by atoms with Gasteiger partial charge in [-0.25, -0.2) is 21.6 Å². The molecule has 44 heavy (non-hydrogen) atoms. The molecule has 1 saturated carbocycles. The van der Waals surface area contributed by atoms with Crippen LogP contribution in [0.2, 0.25) is 5.02 Å². The fraction of sp³-hybridized carbons (Fsp3) is 0.323. The summed E-state index contributed by atoms with van der Waals surface area (Å²) in [5.41, 5.74) is 2.82. The van der Waals surface area contributed by atoms with Crippen molar-refractivity contribution in [3.63, 3.8) is 0 Å². The van der Waals surface area contributed by atoms with Gasteiger partial charge in [-0.2, -0.15) is 0 Å². The number of halogens is 4. The molecule has 1 N–H and O–H groups in total. The number of hydrogen-bond donors (Lipinski definition) is 1. The van der Waals surface area contributed by atoms with Crippen molar-refractivity contribution in [3.05, 3.63) is 81.7 Å². The maximum atomic E-state index is 14.7. The second-order valence-electron chi connectivity index (χ2n) is 10.9. The summed E-state index contributed by atoms with van der Waals surface area (Å²) in [5, 5.41) is -0.199. The summed E-state index contributed by atoms with van der Waals surface area (Å²) in [6, 6.07) is 14.6. The minimum absolute atomic E-state index is 0.000777. The molecule has 234 valence electrons. The first-order valence-corrected chi connectivity index (χ1v) is 17.3. The standard InChI is InChI=1S/C31H31Cl2F2N3O4S2/c1-37(33)22-9-11-23(12-10-22)38(31(39)30-28(32)27-24(34)13-14-25(35)29(27)43-30)17-20-16-19(6-15-26(20)42-2)18-4-7-21(8-5-18)36-44(3,40)41/h4-8,13-16,22-23,36H,9-12,17H2,1-3H3. The fourth-order valence-electron chi connectivity index (χ4n) is 5.67. The summed E-state index contributed by atoms with van der Waals surface area (Å²) >= 11 is 13.6. The summed E-state index contributed by atoms with van der Waals surface area (Å²) in [6.07, 6.45) is 3.97. The normalized spacial score (nSPS) is 17.2. The van der Waals surface area contributed by atoms with E-state index in [-0.39, 0.29) is 38.6 Å². The lowest BCUT2D eigenvalue weighted by Crippen LogP contribution is -2.44. The first-order chi connectivity index (χ1) is 20.9. The Hall–Kier alpha value is -2.96. The van der Waals surface area contributed by atoms with Crippen molar-refractivity contribution in [1.82, 2.24) is 9.32 Å². The average Bonchev–Trinajstić information content (AvgIpc) is 3.35. The van der Waals surface area contributed by atoms with E-state index < -0.39 is 27.6 Å². The van der Waals surface area contributed by atoms with Gasteiger partial charge in [-0.1, -0.05) is 29.8 Å². The van der Waals surface area contributed by atoms with Crippen LogP contribution in [0.15, 0.2) is 54.6 Å². The molecule has 0 unspecified atom stereocenters. The molecule has 0 spiro atoms. The van der Waals surface area contributed by atoms with Crippen molar-refractivity contribution in [2.24, 2.45) is 0 Å². The zero-order chi connectivity index (χ0) is 31.8. The Kier molecular flexibility index (Phi) is 9.72. The molecule has 4 aromatic rings. The van der Waals surface area contributed by atoms with Crippen molar-refractivity contribution in [3.8, 4) is 16.9 Å². The maximum absolute atomic E-state index is 14.7. The molecule has 3 aromatic carbocycles. The van der Waals surface area contributed by atoms with E-state index in [2.05, 4.69) is 4.72 Å². The number of carbonyl (C=O) groups excluding carboxylic acids is 1. The van der Waals surface area contributed by atoms with Crippen molar-refractivity contribution >= 4 is 66.4 Å². The number of thiophene rings is 1. The minimum atomic E-state index is -3.41. The molecule has 0 bridgehead atoms. The van der Waals surface area contributed by atoms with E-state index in [1.54, 1.807) is 40.7 Å². The summed E-state index contributed by atoms with van der Waals surface area (Å²) in [5.74, 6) is -1.18. The summed E-state index contributed by atoms with van der Waals surface area (Å²) in [7, 11) is -0.0519. The number of carbonyl (C=O) groups is 1. The van der Waals surface area contributed by atoms with Gasteiger partial charge in [0.15, 0.2) is 0 Å². The number of sulfonamides is 1. The number of anilines is 1. The molecular formula is C31H31Cl2F2N3O4S2. The zero-order valence-electron chi connectivity index (χ0n) is 24.2. The van der Waals surface area contributed by atoms with Gasteiger partial charge >= 0.3 is 0 Å². The summed E-state index contributed by atoms with van der Waals surface area (Å²) < 4.78 is 62.4. The van der Waals surface area contributed by atoms with Crippen LogP contribution in [0.4, 0.5) is 14.5 Å². The Morgan fingerprint density at radius 3 is 2.20 bits per heavy atom. The average molecular weight is 683 g/mol. The van der Waals surface area contributed by atoms with Gasteiger partial charge in [-0.05, 0) is 85.0 Å². The van der Waals surface area contributed by atoms with Gasteiger partial charge in [0.25, 0.3) is 5.91 Å². The predicted octanol–water partition coefficient (Wildman–Crippen LogP) is 7.92. The van der Waals surface area contributed by atoms with Crippen molar-refractivity contribution in [2.75, 3.05) is 25.1 Å². The van der Waals surface area contributed by atoms with E-state index in [1.807, 2.05) is 25.2 Å². The van der Waals surface area contributed by atoms with Gasteiger partial charge < -0.3 is 9.64 Å². The SMILES string of the molecule is COc1ccc(-c2ccc(NS(C)(=O)=O)cc2)cc1CN(C(=O)c1sc2c(F)ccc(F)c2c1Cl)C1CCC(N(C)Cl)CC1.